The van der Waals surface area contributed by atoms with Gasteiger partial charge in [0.2, 0.25) is 5.91 Å². The standard InChI is InChI=1S/C13H19BrN4O/c1-9(15)10-4-5-18(7-10)8-13(19)17-12-3-2-11(14)6-16-12/h2-3,6,9-10H,4-5,7-8,15H2,1H3,(H,16,17,19). The number of likely N-dealkylation sites (tertiary alicyclic amines) is 1. The zero-order chi connectivity index (χ0) is 13.8. The van der Waals surface area contributed by atoms with Crippen LogP contribution in [-0.4, -0.2) is 41.5 Å². The highest BCUT2D eigenvalue weighted by Crippen LogP contribution is 2.18. The van der Waals surface area contributed by atoms with Gasteiger partial charge in [-0.05, 0) is 53.9 Å². The van der Waals surface area contributed by atoms with Crippen LogP contribution in [0.4, 0.5) is 5.82 Å². The summed E-state index contributed by atoms with van der Waals surface area (Å²) < 4.78 is 0.893. The number of anilines is 1. The average molecular weight is 327 g/mol. The first kappa shape index (κ1) is 14.4. The molecule has 0 spiro atoms. The third-order valence-electron chi connectivity index (χ3n) is 3.41. The number of nitrogens with zero attached hydrogens (tertiary/aromatic N) is 2. The Morgan fingerprint density at radius 2 is 2.47 bits per heavy atom. The van der Waals surface area contributed by atoms with E-state index in [2.05, 4.69) is 31.1 Å². The first-order valence-corrected chi connectivity index (χ1v) is 7.23. The summed E-state index contributed by atoms with van der Waals surface area (Å²) >= 11 is 3.31. The van der Waals surface area contributed by atoms with Crippen molar-refractivity contribution in [3.63, 3.8) is 0 Å². The minimum atomic E-state index is -0.0276. The summed E-state index contributed by atoms with van der Waals surface area (Å²) in [6, 6.07) is 3.82. The molecule has 1 aromatic heterocycles. The lowest BCUT2D eigenvalue weighted by molar-refractivity contribution is -0.117. The van der Waals surface area contributed by atoms with Gasteiger partial charge in [-0.3, -0.25) is 9.69 Å². The highest BCUT2D eigenvalue weighted by atomic mass is 79.9. The molecule has 2 atom stereocenters. The first-order valence-electron chi connectivity index (χ1n) is 6.44. The van der Waals surface area contributed by atoms with Gasteiger partial charge in [0.1, 0.15) is 5.82 Å². The Kier molecular flexibility index (Phi) is 4.90. The second-order valence-electron chi connectivity index (χ2n) is 5.05. The van der Waals surface area contributed by atoms with Crippen LogP contribution in [0.1, 0.15) is 13.3 Å². The van der Waals surface area contributed by atoms with Crippen molar-refractivity contribution in [1.29, 1.82) is 0 Å². The molecule has 1 aliphatic rings. The van der Waals surface area contributed by atoms with E-state index >= 15 is 0 Å². The normalized spacial score (nSPS) is 21.3. The molecule has 1 aromatic rings. The molecule has 1 fully saturated rings. The van der Waals surface area contributed by atoms with Crippen molar-refractivity contribution in [3.05, 3.63) is 22.8 Å². The predicted octanol–water partition coefficient (Wildman–Crippen LogP) is 1.45. The molecule has 0 aliphatic carbocycles. The fourth-order valence-corrected chi connectivity index (χ4v) is 2.51. The topological polar surface area (TPSA) is 71.2 Å². The van der Waals surface area contributed by atoms with Gasteiger partial charge >= 0.3 is 0 Å². The second kappa shape index (κ2) is 6.45. The van der Waals surface area contributed by atoms with Crippen LogP contribution in [0, 0.1) is 5.92 Å². The van der Waals surface area contributed by atoms with Crippen LogP contribution in [0.3, 0.4) is 0 Å². The molecule has 1 saturated heterocycles. The van der Waals surface area contributed by atoms with Gasteiger partial charge in [-0.25, -0.2) is 4.98 Å². The van der Waals surface area contributed by atoms with Crippen molar-refractivity contribution in [2.24, 2.45) is 11.7 Å². The van der Waals surface area contributed by atoms with E-state index < -0.39 is 0 Å². The van der Waals surface area contributed by atoms with Crippen LogP contribution in [0.25, 0.3) is 0 Å². The highest BCUT2D eigenvalue weighted by molar-refractivity contribution is 9.10. The maximum Gasteiger partial charge on any atom is 0.239 e. The van der Waals surface area contributed by atoms with Gasteiger partial charge < -0.3 is 11.1 Å². The number of aromatic nitrogens is 1. The molecule has 0 saturated carbocycles. The summed E-state index contributed by atoms with van der Waals surface area (Å²) in [4.78, 5) is 18.2. The number of carbonyl (C=O) groups excluding carboxylic acids is 1. The molecule has 0 bridgehead atoms. The number of nitrogens with one attached hydrogen (secondary N) is 1. The molecule has 3 N–H and O–H groups in total. The molecule has 0 radical (unpaired) electrons. The molecule has 104 valence electrons. The third-order valence-corrected chi connectivity index (χ3v) is 3.88. The van der Waals surface area contributed by atoms with E-state index in [1.807, 2.05) is 13.0 Å². The maximum atomic E-state index is 11.9. The molecule has 0 aromatic carbocycles. The first-order chi connectivity index (χ1) is 9.04. The molecule has 6 heteroatoms. The van der Waals surface area contributed by atoms with E-state index in [0.717, 1.165) is 24.0 Å². The smallest absolute Gasteiger partial charge is 0.239 e. The number of halogens is 1. The van der Waals surface area contributed by atoms with Gasteiger partial charge in [0.15, 0.2) is 0 Å². The van der Waals surface area contributed by atoms with E-state index in [0.29, 0.717) is 18.3 Å². The molecule has 5 nitrogen and oxygen atoms in total. The number of nitrogens with two attached hydrogens (primary N) is 1. The molecular formula is C13H19BrN4O. The van der Waals surface area contributed by atoms with Gasteiger partial charge in [0.25, 0.3) is 0 Å². The average Bonchev–Trinajstić information content (AvgIpc) is 2.80. The maximum absolute atomic E-state index is 11.9. The lowest BCUT2D eigenvalue weighted by Gasteiger charge is -2.17. The molecule has 2 heterocycles. The minimum absolute atomic E-state index is 0.0276. The van der Waals surface area contributed by atoms with E-state index in [4.69, 9.17) is 5.73 Å². The lowest BCUT2D eigenvalue weighted by Crippen LogP contribution is -2.34. The Bertz CT molecular complexity index is 435. The fraction of sp³-hybridized carbons (Fsp3) is 0.538. The van der Waals surface area contributed by atoms with Gasteiger partial charge in [0, 0.05) is 23.3 Å². The third kappa shape index (κ3) is 4.26. The lowest BCUT2D eigenvalue weighted by atomic mass is 10.0. The number of amides is 1. The van der Waals surface area contributed by atoms with Crippen LogP contribution >= 0.6 is 15.9 Å². The largest absolute Gasteiger partial charge is 0.328 e. The van der Waals surface area contributed by atoms with Crippen LogP contribution in [0.2, 0.25) is 0 Å². The quantitative estimate of drug-likeness (QED) is 0.878. The molecule has 1 aliphatic heterocycles. The summed E-state index contributed by atoms with van der Waals surface area (Å²) in [5, 5.41) is 2.80. The molecule has 1 amide bonds. The van der Waals surface area contributed by atoms with Crippen molar-refractivity contribution < 1.29 is 4.79 Å². The van der Waals surface area contributed by atoms with E-state index in [9.17, 15) is 4.79 Å². The number of rotatable bonds is 4. The van der Waals surface area contributed by atoms with Crippen molar-refractivity contribution in [1.82, 2.24) is 9.88 Å². The van der Waals surface area contributed by atoms with Crippen molar-refractivity contribution in [3.8, 4) is 0 Å². The van der Waals surface area contributed by atoms with E-state index in [1.54, 1.807) is 12.3 Å². The second-order valence-corrected chi connectivity index (χ2v) is 5.97. The minimum Gasteiger partial charge on any atom is -0.328 e. The Balaban J connectivity index is 1.80. The summed E-state index contributed by atoms with van der Waals surface area (Å²) in [6.07, 6.45) is 2.74. The summed E-state index contributed by atoms with van der Waals surface area (Å²) in [5.41, 5.74) is 5.89. The monoisotopic (exact) mass is 326 g/mol. The zero-order valence-electron chi connectivity index (χ0n) is 11.0. The Morgan fingerprint density at radius 1 is 1.68 bits per heavy atom. The van der Waals surface area contributed by atoms with Gasteiger partial charge in [0.05, 0.1) is 6.54 Å². The summed E-state index contributed by atoms with van der Waals surface area (Å²) in [6.45, 7) is 4.27. The number of hydrogen-bond acceptors (Lipinski definition) is 4. The van der Waals surface area contributed by atoms with Crippen molar-refractivity contribution >= 4 is 27.7 Å². The van der Waals surface area contributed by atoms with Gasteiger partial charge in [-0.15, -0.1) is 0 Å². The van der Waals surface area contributed by atoms with Crippen molar-refractivity contribution in [2.75, 3.05) is 25.0 Å². The number of carbonyl (C=O) groups is 1. The van der Waals surface area contributed by atoms with Crippen LogP contribution in [-0.2, 0) is 4.79 Å². The van der Waals surface area contributed by atoms with Crippen molar-refractivity contribution in [2.45, 2.75) is 19.4 Å². The van der Waals surface area contributed by atoms with Gasteiger partial charge in [-0.2, -0.15) is 0 Å². The Morgan fingerprint density at radius 3 is 3.05 bits per heavy atom. The van der Waals surface area contributed by atoms with Crippen LogP contribution < -0.4 is 11.1 Å². The Hall–Kier alpha value is -0.980. The predicted molar refractivity (Wildman–Crippen MR) is 78.8 cm³/mol. The molecular weight excluding hydrogens is 308 g/mol. The molecule has 2 unspecified atom stereocenters. The number of hydrogen-bond donors (Lipinski definition) is 2. The van der Waals surface area contributed by atoms with E-state index in [1.165, 1.54) is 0 Å². The molecule has 19 heavy (non-hydrogen) atoms. The fourth-order valence-electron chi connectivity index (χ4n) is 2.27. The number of pyridine rings is 1. The van der Waals surface area contributed by atoms with E-state index in [-0.39, 0.29) is 11.9 Å². The zero-order valence-corrected chi connectivity index (χ0v) is 12.6. The summed E-state index contributed by atoms with van der Waals surface area (Å²) in [5.74, 6) is 1.05. The van der Waals surface area contributed by atoms with Crippen LogP contribution in [0.15, 0.2) is 22.8 Å². The Labute approximate surface area is 121 Å². The highest BCUT2D eigenvalue weighted by Gasteiger charge is 2.26. The molecule has 2 rings (SSSR count). The van der Waals surface area contributed by atoms with Crippen LogP contribution in [0.5, 0.6) is 0 Å². The van der Waals surface area contributed by atoms with Gasteiger partial charge in [-0.1, -0.05) is 0 Å². The summed E-state index contributed by atoms with van der Waals surface area (Å²) in [7, 11) is 0. The SMILES string of the molecule is CC(N)C1CCN(CC(=O)Nc2ccc(Br)cn2)C1.